The van der Waals surface area contributed by atoms with Gasteiger partial charge in [0.1, 0.15) is 18.1 Å². The van der Waals surface area contributed by atoms with Gasteiger partial charge in [0.05, 0.1) is 0 Å². The van der Waals surface area contributed by atoms with Gasteiger partial charge in [0.2, 0.25) is 0 Å². The molecule has 0 spiro atoms. The van der Waals surface area contributed by atoms with E-state index in [2.05, 4.69) is 22.1 Å². The molecule has 2 aromatic rings. The van der Waals surface area contributed by atoms with Gasteiger partial charge in [0.25, 0.3) is 5.91 Å². The zero-order valence-corrected chi connectivity index (χ0v) is 11.1. The maximum atomic E-state index is 12.0. The van der Waals surface area contributed by atoms with Crippen molar-refractivity contribution in [3.05, 3.63) is 59.3 Å². The van der Waals surface area contributed by atoms with Crippen molar-refractivity contribution >= 4 is 11.7 Å². The van der Waals surface area contributed by atoms with Crippen LogP contribution in [0.25, 0.3) is 0 Å². The van der Waals surface area contributed by atoms with Crippen LogP contribution in [-0.4, -0.2) is 22.6 Å². The number of hydrogen-bond donors (Lipinski definition) is 2. The third kappa shape index (κ3) is 3.67. The zero-order chi connectivity index (χ0) is 14.4. The molecule has 1 amide bonds. The monoisotopic (exact) mass is 266 g/mol. The molecule has 0 aliphatic rings. The molecule has 0 aliphatic carbocycles. The van der Waals surface area contributed by atoms with E-state index in [1.165, 1.54) is 0 Å². The van der Waals surface area contributed by atoms with Gasteiger partial charge in [-0.1, -0.05) is 29.7 Å². The average molecular weight is 266 g/mol. The molecule has 100 valence electrons. The highest BCUT2D eigenvalue weighted by Crippen LogP contribution is 2.08. The van der Waals surface area contributed by atoms with Crippen molar-refractivity contribution in [2.45, 2.75) is 6.92 Å². The van der Waals surface area contributed by atoms with Crippen LogP contribution in [0.3, 0.4) is 0 Å². The molecule has 0 unspecified atom stereocenters. The lowest BCUT2D eigenvalue weighted by molar-refractivity contribution is 0.102. The van der Waals surface area contributed by atoms with Crippen LogP contribution >= 0.6 is 0 Å². The summed E-state index contributed by atoms with van der Waals surface area (Å²) < 4.78 is 0. The molecule has 0 aliphatic heterocycles. The number of rotatable bonds is 2. The maximum Gasteiger partial charge on any atom is 0.256 e. The van der Waals surface area contributed by atoms with E-state index in [1.807, 2.05) is 19.1 Å². The second kappa shape index (κ2) is 6.50. The number of anilines is 1. The van der Waals surface area contributed by atoms with E-state index >= 15 is 0 Å². The smallest absolute Gasteiger partial charge is 0.256 e. The van der Waals surface area contributed by atoms with Gasteiger partial charge >= 0.3 is 0 Å². The van der Waals surface area contributed by atoms with Gasteiger partial charge in [0, 0.05) is 5.56 Å². The van der Waals surface area contributed by atoms with Gasteiger partial charge in [-0.3, -0.25) is 4.79 Å². The van der Waals surface area contributed by atoms with Crippen LogP contribution in [0.2, 0.25) is 0 Å². The highest BCUT2D eigenvalue weighted by atomic mass is 16.2. The maximum absolute atomic E-state index is 12.0. The number of amides is 1. The minimum Gasteiger partial charge on any atom is -0.384 e. The SMILES string of the molecule is Cc1ccc(C(=O)Nc2cccc(C#CCO)n2)cc1. The van der Waals surface area contributed by atoms with Crippen LogP contribution in [-0.2, 0) is 0 Å². The van der Waals surface area contributed by atoms with Gasteiger partial charge in [-0.25, -0.2) is 4.98 Å². The first kappa shape index (κ1) is 13.8. The van der Waals surface area contributed by atoms with Gasteiger partial charge in [-0.05, 0) is 37.1 Å². The van der Waals surface area contributed by atoms with Crippen molar-refractivity contribution in [2.75, 3.05) is 11.9 Å². The third-order valence-corrected chi connectivity index (χ3v) is 2.60. The molecule has 20 heavy (non-hydrogen) atoms. The van der Waals surface area contributed by atoms with Gasteiger partial charge in [-0.15, -0.1) is 0 Å². The number of aliphatic hydroxyl groups is 1. The number of nitrogens with one attached hydrogen (secondary N) is 1. The first-order valence-corrected chi connectivity index (χ1v) is 6.14. The Hall–Kier alpha value is -2.64. The molecule has 2 rings (SSSR count). The first-order valence-electron chi connectivity index (χ1n) is 6.14. The fourth-order valence-corrected chi connectivity index (χ4v) is 1.60. The molecule has 2 N–H and O–H groups in total. The summed E-state index contributed by atoms with van der Waals surface area (Å²) >= 11 is 0. The number of aliphatic hydroxyl groups excluding tert-OH is 1. The third-order valence-electron chi connectivity index (χ3n) is 2.60. The predicted octanol–water partition coefficient (Wildman–Crippen LogP) is 1.99. The van der Waals surface area contributed by atoms with E-state index < -0.39 is 0 Å². The van der Waals surface area contributed by atoms with Crippen LogP contribution in [0, 0.1) is 18.8 Å². The molecule has 0 saturated heterocycles. The molecule has 0 bridgehead atoms. The fraction of sp³-hybridized carbons (Fsp3) is 0.125. The number of aryl methyl sites for hydroxylation is 1. The number of aromatic nitrogens is 1. The highest BCUT2D eigenvalue weighted by Gasteiger charge is 2.06. The van der Waals surface area contributed by atoms with Gasteiger partial charge < -0.3 is 10.4 Å². The normalized spacial score (nSPS) is 9.50. The Balaban J connectivity index is 2.13. The molecule has 0 saturated carbocycles. The minimum atomic E-state index is -0.221. The Morgan fingerprint density at radius 1 is 1.25 bits per heavy atom. The van der Waals surface area contributed by atoms with Crippen LogP contribution in [0.15, 0.2) is 42.5 Å². The Labute approximate surface area is 117 Å². The summed E-state index contributed by atoms with van der Waals surface area (Å²) in [6, 6.07) is 12.4. The Morgan fingerprint density at radius 3 is 2.70 bits per heavy atom. The number of nitrogens with zero attached hydrogens (tertiary/aromatic N) is 1. The molecular formula is C16H14N2O2. The summed E-state index contributed by atoms with van der Waals surface area (Å²) in [5.74, 6) is 5.42. The number of hydrogen-bond acceptors (Lipinski definition) is 3. The van der Waals surface area contributed by atoms with E-state index in [0.717, 1.165) is 5.56 Å². The largest absolute Gasteiger partial charge is 0.384 e. The second-order valence-corrected chi connectivity index (χ2v) is 4.19. The summed E-state index contributed by atoms with van der Waals surface area (Å²) in [4.78, 5) is 16.2. The van der Waals surface area contributed by atoms with Crippen molar-refractivity contribution in [2.24, 2.45) is 0 Å². The van der Waals surface area contributed by atoms with E-state index in [9.17, 15) is 4.79 Å². The lowest BCUT2D eigenvalue weighted by Crippen LogP contribution is -2.13. The molecule has 1 aromatic heterocycles. The standard InChI is InChI=1S/C16H14N2O2/c1-12-7-9-13(10-8-12)16(20)18-15-6-2-4-14(17-15)5-3-11-19/h2,4,6-10,19H,11H2,1H3,(H,17,18,20). The van der Waals surface area contributed by atoms with Crippen molar-refractivity contribution in [3.63, 3.8) is 0 Å². The van der Waals surface area contributed by atoms with Crippen molar-refractivity contribution in [1.82, 2.24) is 4.98 Å². The summed E-state index contributed by atoms with van der Waals surface area (Å²) in [5, 5.41) is 11.4. The minimum absolute atomic E-state index is 0.218. The molecule has 0 fully saturated rings. The number of carbonyl (C=O) groups is 1. The first-order chi connectivity index (χ1) is 9.69. The molecule has 0 atom stereocenters. The second-order valence-electron chi connectivity index (χ2n) is 4.19. The lowest BCUT2D eigenvalue weighted by Gasteiger charge is -2.05. The van der Waals surface area contributed by atoms with Crippen LogP contribution in [0.4, 0.5) is 5.82 Å². The molecular weight excluding hydrogens is 252 g/mol. The highest BCUT2D eigenvalue weighted by molar-refractivity contribution is 6.03. The van der Waals surface area contributed by atoms with Crippen LogP contribution in [0.1, 0.15) is 21.6 Å². The topological polar surface area (TPSA) is 62.2 Å². The summed E-state index contributed by atoms with van der Waals surface area (Å²) in [6.07, 6.45) is 0. The van der Waals surface area contributed by atoms with Gasteiger partial charge in [-0.2, -0.15) is 0 Å². The fourth-order valence-electron chi connectivity index (χ4n) is 1.60. The van der Waals surface area contributed by atoms with E-state index in [1.54, 1.807) is 30.3 Å². The van der Waals surface area contributed by atoms with Crippen LogP contribution in [0.5, 0.6) is 0 Å². The average Bonchev–Trinajstić information content (AvgIpc) is 2.46. The van der Waals surface area contributed by atoms with Crippen molar-refractivity contribution in [3.8, 4) is 11.8 Å². The molecule has 1 aromatic carbocycles. The van der Waals surface area contributed by atoms with Crippen LogP contribution < -0.4 is 5.32 Å². The summed E-state index contributed by atoms with van der Waals surface area (Å²) in [5.41, 5.74) is 2.17. The van der Waals surface area contributed by atoms with Crippen molar-refractivity contribution in [1.29, 1.82) is 0 Å². The Bertz CT molecular complexity index is 667. The Morgan fingerprint density at radius 2 is 2.00 bits per heavy atom. The Kier molecular flexibility index (Phi) is 4.48. The number of benzene rings is 1. The quantitative estimate of drug-likeness (QED) is 0.817. The summed E-state index contributed by atoms with van der Waals surface area (Å²) in [6.45, 7) is 1.74. The van der Waals surface area contributed by atoms with Gasteiger partial charge in [0.15, 0.2) is 0 Å². The van der Waals surface area contributed by atoms with E-state index in [-0.39, 0.29) is 12.5 Å². The molecule has 1 heterocycles. The molecule has 4 nitrogen and oxygen atoms in total. The van der Waals surface area contributed by atoms with Crippen molar-refractivity contribution < 1.29 is 9.90 Å². The predicted molar refractivity (Wildman–Crippen MR) is 77.3 cm³/mol. The zero-order valence-electron chi connectivity index (χ0n) is 11.1. The van der Waals surface area contributed by atoms with E-state index in [4.69, 9.17) is 5.11 Å². The lowest BCUT2D eigenvalue weighted by atomic mass is 10.1. The molecule has 4 heteroatoms. The summed E-state index contributed by atoms with van der Waals surface area (Å²) in [7, 11) is 0. The van der Waals surface area contributed by atoms with E-state index in [0.29, 0.717) is 17.1 Å². The number of pyridine rings is 1. The number of carbonyl (C=O) groups excluding carboxylic acids is 1. The molecule has 0 radical (unpaired) electrons.